The van der Waals surface area contributed by atoms with E-state index in [2.05, 4.69) is 12.2 Å². The Morgan fingerprint density at radius 2 is 1.90 bits per heavy atom. The van der Waals surface area contributed by atoms with Crippen LogP contribution in [0.15, 0.2) is 0 Å². The van der Waals surface area contributed by atoms with Crippen LogP contribution >= 0.6 is 11.3 Å². The number of hydrogen-bond donors (Lipinski definition) is 2. The number of rotatable bonds is 5. The lowest BCUT2D eigenvalue weighted by atomic mass is 9.96. The van der Waals surface area contributed by atoms with Crippen LogP contribution in [-0.4, -0.2) is 11.8 Å². The van der Waals surface area contributed by atoms with E-state index in [1.54, 1.807) is 11.3 Å². The van der Waals surface area contributed by atoms with Gasteiger partial charge in [0.15, 0.2) is 0 Å². The number of amides is 2. The highest BCUT2D eigenvalue weighted by Gasteiger charge is 2.23. The molecule has 0 fully saturated rings. The number of primary amides is 1. The Morgan fingerprint density at radius 3 is 2.57 bits per heavy atom. The van der Waals surface area contributed by atoms with E-state index in [0.29, 0.717) is 17.0 Å². The van der Waals surface area contributed by atoms with Crippen molar-refractivity contribution >= 4 is 28.2 Å². The van der Waals surface area contributed by atoms with Crippen molar-refractivity contribution in [2.75, 3.05) is 5.32 Å². The monoisotopic (exact) mass is 308 g/mol. The number of unbranched alkanes of at least 4 members (excludes halogenated alkanes) is 1. The van der Waals surface area contributed by atoms with Gasteiger partial charge in [-0.2, -0.15) is 0 Å². The quantitative estimate of drug-likeness (QED) is 0.871. The van der Waals surface area contributed by atoms with Gasteiger partial charge >= 0.3 is 0 Å². The van der Waals surface area contributed by atoms with E-state index in [9.17, 15) is 9.59 Å². The lowest BCUT2D eigenvalue weighted by Gasteiger charge is -2.10. The molecule has 0 aromatic carbocycles. The molecule has 0 radical (unpaired) electrons. The van der Waals surface area contributed by atoms with Crippen LogP contribution < -0.4 is 11.1 Å². The highest BCUT2D eigenvalue weighted by atomic mass is 32.1. The molecule has 1 aromatic rings. The third-order valence-electron chi connectivity index (χ3n) is 3.93. The van der Waals surface area contributed by atoms with E-state index in [1.165, 1.54) is 17.7 Å². The van der Waals surface area contributed by atoms with Gasteiger partial charge in [-0.05, 0) is 37.7 Å². The summed E-state index contributed by atoms with van der Waals surface area (Å²) in [5, 5.41) is 3.57. The van der Waals surface area contributed by atoms with Gasteiger partial charge in [0.25, 0.3) is 5.91 Å². The van der Waals surface area contributed by atoms with Gasteiger partial charge in [-0.25, -0.2) is 0 Å². The van der Waals surface area contributed by atoms with Crippen molar-refractivity contribution in [2.24, 2.45) is 5.73 Å². The third kappa shape index (κ3) is 4.06. The summed E-state index contributed by atoms with van der Waals surface area (Å²) in [5.41, 5.74) is 7.20. The highest BCUT2D eigenvalue weighted by Crippen LogP contribution is 2.36. The first-order chi connectivity index (χ1) is 10.1. The first-order valence-corrected chi connectivity index (χ1v) is 8.69. The summed E-state index contributed by atoms with van der Waals surface area (Å²) >= 11 is 1.54. The second kappa shape index (κ2) is 7.59. The van der Waals surface area contributed by atoms with Crippen molar-refractivity contribution in [3.63, 3.8) is 0 Å². The van der Waals surface area contributed by atoms with Crippen LogP contribution in [0.2, 0.25) is 0 Å². The molecule has 0 saturated carbocycles. The van der Waals surface area contributed by atoms with Crippen molar-refractivity contribution < 1.29 is 9.59 Å². The summed E-state index contributed by atoms with van der Waals surface area (Å²) in [6.07, 6.45) is 8.91. The Labute approximate surface area is 130 Å². The fourth-order valence-electron chi connectivity index (χ4n) is 2.79. The van der Waals surface area contributed by atoms with Crippen LogP contribution in [-0.2, 0) is 17.6 Å². The fourth-order valence-corrected chi connectivity index (χ4v) is 4.11. The summed E-state index contributed by atoms with van der Waals surface area (Å²) in [6, 6.07) is 0. The number of carbonyl (C=O) groups is 2. The first kappa shape index (κ1) is 16.0. The van der Waals surface area contributed by atoms with Gasteiger partial charge in [-0.1, -0.05) is 26.2 Å². The van der Waals surface area contributed by atoms with Crippen molar-refractivity contribution in [1.82, 2.24) is 0 Å². The van der Waals surface area contributed by atoms with Gasteiger partial charge in [0.2, 0.25) is 5.91 Å². The van der Waals surface area contributed by atoms with Crippen molar-refractivity contribution in [3.05, 3.63) is 16.0 Å². The van der Waals surface area contributed by atoms with E-state index >= 15 is 0 Å². The molecular weight excluding hydrogens is 284 g/mol. The van der Waals surface area contributed by atoms with Gasteiger partial charge in [-0.3, -0.25) is 9.59 Å². The number of nitrogens with one attached hydrogen (secondary N) is 1. The molecule has 1 heterocycles. The number of nitrogens with two attached hydrogens (primary N) is 1. The molecule has 0 spiro atoms. The third-order valence-corrected chi connectivity index (χ3v) is 5.14. The largest absolute Gasteiger partial charge is 0.365 e. The molecule has 0 aliphatic heterocycles. The molecule has 4 nitrogen and oxygen atoms in total. The van der Waals surface area contributed by atoms with E-state index < -0.39 is 5.91 Å². The maximum Gasteiger partial charge on any atom is 0.251 e. The standard InChI is InChI=1S/C16H24N2O2S/c1-2-3-10-13(19)18-16-14(15(17)20)11-8-6-4-5-7-9-12(11)21-16/h2-10H2,1H3,(H2,17,20)(H,18,19). The summed E-state index contributed by atoms with van der Waals surface area (Å²) in [6.45, 7) is 2.05. The van der Waals surface area contributed by atoms with Gasteiger partial charge in [0, 0.05) is 11.3 Å². The van der Waals surface area contributed by atoms with Crippen molar-refractivity contribution in [2.45, 2.75) is 64.7 Å². The Hall–Kier alpha value is -1.36. The molecule has 0 bridgehead atoms. The molecule has 21 heavy (non-hydrogen) atoms. The minimum absolute atomic E-state index is 0.0198. The Kier molecular flexibility index (Phi) is 5.79. The molecule has 1 aliphatic rings. The fraction of sp³-hybridized carbons (Fsp3) is 0.625. The van der Waals surface area contributed by atoms with Crippen LogP contribution in [0.5, 0.6) is 0 Å². The number of carbonyl (C=O) groups excluding carboxylic acids is 2. The molecule has 5 heteroatoms. The topological polar surface area (TPSA) is 72.2 Å². The predicted molar refractivity (Wildman–Crippen MR) is 86.9 cm³/mol. The molecule has 1 aliphatic carbocycles. The van der Waals surface area contributed by atoms with Crippen LogP contribution in [0.25, 0.3) is 0 Å². The van der Waals surface area contributed by atoms with Gasteiger partial charge in [0.1, 0.15) is 5.00 Å². The average molecular weight is 308 g/mol. The number of fused-ring (bicyclic) bond motifs is 1. The molecule has 1 aromatic heterocycles. The van der Waals surface area contributed by atoms with Crippen molar-refractivity contribution in [1.29, 1.82) is 0 Å². The number of anilines is 1. The molecule has 3 N–H and O–H groups in total. The van der Waals surface area contributed by atoms with E-state index in [-0.39, 0.29) is 5.91 Å². The van der Waals surface area contributed by atoms with Gasteiger partial charge in [0.05, 0.1) is 5.56 Å². The van der Waals surface area contributed by atoms with E-state index in [1.807, 2.05) is 0 Å². The van der Waals surface area contributed by atoms with Crippen LogP contribution in [0.3, 0.4) is 0 Å². The summed E-state index contributed by atoms with van der Waals surface area (Å²) in [7, 11) is 0. The number of aryl methyl sites for hydroxylation is 1. The van der Waals surface area contributed by atoms with E-state index in [4.69, 9.17) is 5.73 Å². The Morgan fingerprint density at radius 1 is 1.19 bits per heavy atom. The van der Waals surface area contributed by atoms with E-state index in [0.717, 1.165) is 44.1 Å². The lowest BCUT2D eigenvalue weighted by molar-refractivity contribution is -0.116. The molecule has 116 valence electrons. The highest BCUT2D eigenvalue weighted by molar-refractivity contribution is 7.17. The zero-order chi connectivity index (χ0) is 15.2. The summed E-state index contributed by atoms with van der Waals surface area (Å²) < 4.78 is 0. The second-order valence-electron chi connectivity index (χ2n) is 5.64. The van der Waals surface area contributed by atoms with Gasteiger partial charge < -0.3 is 11.1 Å². The van der Waals surface area contributed by atoms with Crippen LogP contribution in [0.4, 0.5) is 5.00 Å². The average Bonchev–Trinajstić information content (AvgIpc) is 2.73. The molecule has 0 atom stereocenters. The first-order valence-electron chi connectivity index (χ1n) is 7.87. The number of hydrogen-bond acceptors (Lipinski definition) is 3. The SMILES string of the molecule is CCCCC(=O)Nc1sc2c(c1C(N)=O)CCCCCC2. The normalized spacial score (nSPS) is 14.9. The molecule has 2 amide bonds. The minimum atomic E-state index is -0.418. The zero-order valence-electron chi connectivity index (χ0n) is 12.7. The summed E-state index contributed by atoms with van der Waals surface area (Å²) in [4.78, 5) is 25.0. The molecule has 2 rings (SSSR count). The summed E-state index contributed by atoms with van der Waals surface area (Å²) in [5.74, 6) is -0.438. The van der Waals surface area contributed by atoms with Crippen molar-refractivity contribution in [3.8, 4) is 0 Å². The smallest absolute Gasteiger partial charge is 0.251 e. The van der Waals surface area contributed by atoms with Crippen LogP contribution in [0.1, 0.15) is 72.7 Å². The maximum atomic E-state index is 11.9. The zero-order valence-corrected chi connectivity index (χ0v) is 13.5. The maximum absolute atomic E-state index is 11.9. The minimum Gasteiger partial charge on any atom is -0.365 e. The Balaban J connectivity index is 2.25. The molecular formula is C16H24N2O2S. The second-order valence-corrected chi connectivity index (χ2v) is 6.74. The van der Waals surface area contributed by atoms with Gasteiger partial charge in [-0.15, -0.1) is 11.3 Å². The predicted octanol–water partition coefficient (Wildman–Crippen LogP) is 3.63. The van der Waals surface area contributed by atoms with Crippen LogP contribution in [0, 0.1) is 0 Å². The molecule has 0 saturated heterocycles. The molecule has 0 unspecified atom stereocenters. The number of thiophene rings is 1. The lowest BCUT2D eigenvalue weighted by Crippen LogP contribution is -2.18. The Bertz CT molecular complexity index is 523.